The summed E-state index contributed by atoms with van der Waals surface area (Å²) in [5.74, 6) is 0.419. The number of imidazole rings is 1. The van der Waals surface area contributed by atoms with Crippen LogP contribution in [0.15, 0.2) is 41.9 Å². The molecule has 1 aromatic carbocycles. The van der Waals surface area contributed by atoms with Gasteiger partial charge in [0, 0.05) is 38.7 Å². The number of aromatic nitrogens is 2. The fourth-order valence-electron chi connectivity index (χ4n) is 2.95. The quantitative estimate of drug-likeness (QED) is 0.232. The summed E-state index contributed by atoms with van der Waals surface area (Å²) in [7, 11) is 0. The van der Waals surface area contributed by atoms with Crippen molar-refractivity contribution in [2.24, 2.45) is 4.99 Å². The second-order valence-corrected chi connectivity index (χ2v) is 6.59. The molecule has 3 rings (SSSR count). The van der Waals surface area contributed by atoms with Gasteiger partial charge in [0.05, 0.1) is 31.3 Å². The van der Waals surface area contributed by atoms with Crippen LogP contribution in [-0.4, -0.2) is 54.5 Å². The maximum Gasteiger partial charge on any atom is 0.191 e. The highest BCUT2D eigenvalue weighted by Gasteiger charge is 2.15. The van der Waals surface area contributed by atoms with E-state index in [0.717, 1.165) is 38.1 Å². The normalized spacial score (nSPS) is 16.5. The third-order valence-corrected chi connectivity index (χ3v) is 4.41. The third-order valence-electron chi connectivity index (χ3n) is 4.41. The molecule has 160 valence electrons. The van der Waals surface area contributed by atoms with Crippen LogP contribution >= 0.6 is 24.0 Å². The van der Waals surface area contributed by atoms with E-state index in [1.165, 1.54) is 6.07 Å². The van der Waals surface area contributed by atoms with E-state index in [-0.39, 0.29) is 35.9 Å². The molecule has 1 aromatic heterocycles. The molecule has 29 heavy (non-hydrogen) atoms. The smallest absolute Gasteiger partial charge is 0.191 e. The van der Waals surface area contributed by atoms with E-state index in [2.05, 4.69) is 20.6 Å². The van der Waals surface area contributed by atoms with Gasteiger partial charge in [-0.3, -0.25) is 0 Å². The summed E-state index contributed by atoms with van der Waals surface area (Å²) in [6, 6.07) is 5.13. The van der Waals surface area contributed by atoms with E-state index in [1.807, 2.05) is 13.0 Å². The Bertz CT molecular complexity index is 751. The van der Waals surface area contributed by atoms with Crippen molar-refractivity contribution >= 4 is 29.9 Å². The topological polar surface area (TPSA) is 72.7 Å². The van der Waals surface area contributed by atoms with Crippen LogP contribution < -0.4 is 10.6 Å². The fourth-order valence-corrected chi connectivity index (χ4v) is 2.95. The zero-order valence-electron chi connectivity index (χ0n) is 16.6. The lowest BCUT2D eigenvalue weighted by Gasteiger charge is -2.13. The van der Waals surface area contributed by atoms with Crippen molar-refractivity contribution in [3.63, 3.8) is 0 Å². The molecule has 0 radical (unpaired) electrons. The van der Waals surface area contributed by atoms with Gasteiger partial charge in [-0.2, -0.15) is 0 Å². The number of aliphatic imine (C=N–C) groups is 1. The Morgan fingerprint density at radius 2 is 2.31 bits per heavy atom. The van der Waals surface area contributed by atoms with E-state index < -0.39 is 0 Å². The Morgan fingerprint density at radius 3 is 3.00 bits per heavy atom. The highest BCUT2D eigenvalue weighted by Crippen LogP contribution is 2.15. The van der Waals surface area contributed by atoms with Crippen LogP contribution in [0, 0.1) is 5.82 Å². The summed E-state index contributed by atoms with van der Waals surface area (Å²) >= 11 is 0. The van der Waals surface area contributed by atoms with Gasteiger partial charge in [-0.1, -0.05) is 6.07 Å². The fraction of sp³-hybridized carbons (Fsp3) is 0.500. The lowest BCUT2D eigenvalue weighted by molar-refractivity contribution is 0.0420. The molecule has 0 bridgehead atoms. The number of nitrogens with one attached hydrogen (secondary N) is 2. The molecule has 0 saturated carbocycles. The molecule has 1 aliphatic heterocycles. The lowest BCUT2D eigenvalue weighted by atomic mass is 10.2. The minimum atomic E-state index is -0.295. The first-order chi connectivity index (χ1) is 13.8. The minimum absolute atomic E-state index is 0. The van der Waals surface area contributed by atoms with Crippen LogP contribution in [0.25, 0.3) is 5.69 Å². The molecule has 7 nitrogen and oxygen atoms in total. The summed E-state index contributed by atoms with van der Waals surface area (Å²) < 4.78 is 27.0. The molecule has 0 aliphatic carbocycles. The van der Waals surface area contributed by atoms with Crippen molar-refractivity contribution in [2.45, 2.75) is 32.4 Å². The molecule has 0 amide bonds. The maximum atomic E-state index is 14.4. The molecule has 1 aliphatic rings. The number of benzene rings is 1. The summed E-state index contributed by atoms with van der Waals surface area (Å²) in [5.41, 5.74) is 1.28. The van der Waals surface area contributed by atoms with Gasteiger partial charge in [-0.25, -0.2) is 14.4 Å². The summed E-state index contributed by atoms with van der Waals surface area (Å²) in [6.45, 7) is 6.12. The van der Waals surface area contributed by atoms with Gasteiger partial charge >= 0.3 is 0 Å². The Balaban J connectivity index is 0.00000300. The average molecular weight is 517 g/mol. The zero-order valence-corrected chi connectivity index (χ0v) is 19.0. The number of hydrogen-bond acceptors (Lipinski definition) is 4. The summed E-state index contributed by atoms with van der Waals surface area (Å²) in [6.07, 6.45) is 7.02. The monoisotopic (exact) mass is 517 g/mol. The number of halogens is 2. The van der Waals surface area contributed by atoms with Crippen molar-refractivity contribution in [1.82, 2.24) is 20.2 Å². The molecular weight excluding hydrogens is 488 g/mol. The van der Waals surface area contributed by atoms with E-state index in [4.69, 9.17) is 9.47 Å². The van der Waals surface area contributed by atoms with Crippen molar-refractivity contribution in [3.05, 3.63) is 48.3 Å². The first kappa shape index (κ1) is 23.6. The van der Waals surface area contributed by atoms with Crippen molar-refractivity contribution in [3.8, 4) is 5.69 Å². The molecule has 2 heterocycles. The molecule has 2 N–H and O–H groups in total. The third kappa shape index (κ3) is 7.56. The molecule has 1 saturated heterocycles. The molecule has 1 fully saturated rings. The highest BCUT2D eigenvalue weighted by molar-refractivity contribution is 14.0. The standard InChI is InChI=1S/C20H28FN5O2.HI/c1-2-23-20(24-7-3-10-28-17-6-11-27-14-17)25-13-16-4-5-19(18(21)12-16)26-9-8-22-15-26;/h4-5,8-9,12,15,17H,2-3,6-7,10-11,13-14H2,1H3,(H2,23,24,25);1H. The van der Waals surface area contributed by atoms with Crippen molar-refractivity contribution in [2.75, 3.05) is 32.9 Å². The van der Waals surface area contributed by atoms with Crippen LogP contribution in [0.2, 0.25) is 0 Å². The molecule has 1 unspecified atom stereocenters. The second kappa shape index (κ2) is 12.8. The number of rotatable bonds is 9. The van der Waals surface area contributed by atoms with E-state index in [9.17, 15) is 4.39 Å². The first-order valence-corrected chi connectivity index (χ1v) is 9.74. The van der Waals surface area contributed by atoms with Gasteiger partial charge in [0.1, 0.15) is 5.82 Å². The van der Waals surface area contributed by atoms with E-state index in [0.29, 0.717) is 31.4 Å². The van der Waals surface area contributed by atoms with Crippen LogP contribution in [0.1, 0.15) is 25.3 Å². The van der Waals surface area contributed by atoms with Gasteiger partial charge in [-0.15, -0.1) is 24.0 Å². The number of ether oxygens (including phenoxy) is 2. The zero-order chi connectivity index (χ0) is 19.6. The highest BCUT2D eigenvalue weighted by atomic mass is 127. The van der Waals surface area contributed by atoms with Gasteiger partial charge in [0.25, 0.3) is 0 Å². The van der Waals surface area contributed by atoms with Gasteiger partial charge in [0.2, 0.25) is 0 Å². The number of guanidine groups is 1. The van der Waals surface area contributed by atoms with Crippen molar-refractivity contribution in [1.29, 1.82) is 0 Å². The van der Waals surface area contributed by atoms with Crippen LogP contribution in [0.3, 0.4) is 0 Å². The van der Waals surface area contributed by atoms with Gasteiger partial charge in [0.15, 0.2) is 5.96 Å². The van der Waals surface area contributed by atoms with Crippen molar-refractivity contribution < 1.29 is 13.9 Å². The largest absolute Gasteiger partial charge is 0.379 e. The first-order valence-electron chi connectivity index (χ1n) is 9.74. The Labute approximate surface area is 188 Å². The Morgan fingerprint density at radius 1 is 1.41 bits per heavy atom. The van der Waals surface area contributed by atoms with Gasteiger partial charge < -0.3 is 24.7 Å². The van der Waals surface area contributed by atoms with Crippen LogP contribution in [-0.2, 0) is 16.0 Å². The van der Waals surface area contributed by atoms with E-state index >= 15 is 0 Å². The minimum Gasteiger partial charge on any atom is -0.379 e. The average Bonchev–Trinajstić information content (AvgIpc) is 3.40. The SMILES string of the molecule is CCNC(=NCc1ccc(-n2ccnc2)c(F)c1)NCCCOC1CCOC1.I. The predicted octanol–water partition coefficient (Wildman–Crippen LogP) is 2.88. The molecule has 9 heteroatoms. The number of hydrogen-bond donors (Lipinski definition) is 2. The Hall–Kier alpha value is -1.72. The molecular formula is C20H29FIN5O2. The van der Waals surface area contributed by atoms with Gasteiger partial charge in [-0.05, 0) is 37.5 Å². The van der Waals surface area contributed by atoms with Crippen LogP contribution in [0.4, 0.5) is 4.39 Å². The lowest BCUT2D eigenvalue weighted by Crippen LogP contribution is -2.38. The molecule has 0 spiro atoms. The maximum absolute atomic E-state index is 14.4. The number of nitrogens with zero attached hydrogens (tertiary/aromatic N) is 3. The molecule has 1 atom stereocenters. The summed E-state index contributed by atoms with van der Waals surface area (Å²) in [5, 5.41) is 6.49. The Kier molecular flexibility index (Phi) is 10.4. The second-order valence-electron chi connectivity index (χ2n) is 6.59. The van der Waals surface area contributed by atoms with E-state index in [1.54, 1.807) is 29.4 Å². The molecule has 2 aromatic rings. The predicted molar refractivity (Wildman–Crippen MR) is 122 cm³/mol. The van der Waals surface area contributed by atoms with Crippen LogP contribution in [0.5, 0.6) is 0 Å². The summed E-state index contributed by atoms with van der Waals surface area (Å²) in [4.78, 5) is 8.49.